The molecular formula is C19H19N3O2S. The Morgan fingerprint density at radius 2 is 1.92 bits per heavy atom. The summed E-state index contributed by atoms with van der Waals surface area (Å²) in [4.78, 5) is 28.7. The van der Waals surface area contributed by atoms with Crippen LogP contribution in [-0.2, 0) is 9.59 Å². The Hall–Kier alpha value is -2.60. The highest BCUT2D eigenvalue weighted by molar-refractivity contribution is 8.15. The standard InChI is InChI=1S/C19H19N3O2S/c1-12-6-8-14(9-7-12)20-17(23)11-16-18(24)22-19(25-16)21-15-5-3-4-13(2)10-15/h3-10,16H,11H2,1-2H3,(H,20,23)(H,21,22,24)/t16-/m1/s1. The van der Waals surface area contributed by atoms with Crippen molar-refractivity contribution in [1.82, 2.24) is 5.32 Å². The Morgan fingerprint density at radius 3 is 2.64 bits per heavy atom. The molecule has 0 saturated carbocycles. The first kappa shape index (κ1) is 17.2. The molecular weight excluding hydrogens is 334 g/mol. The Morgan fingerprint density at radius 1 is 1.16 bits per heavy atom. The second-order valence-corrected chi connectivity index (χ2v) is 7.16. The normalized spacial score (nSPS) is 18.2. The van der Waals surface area contributed by atoms with Crippen LogP contribution in [-0.4, -0.2) is 22.2 Å². The number of hydrogen-bond acceptors (Lipinski definition) is 4. The molecule has 2 aromatic carbocycles. The summed E-state index contributed by atoms with van der Waals surface area (Å²) in [5.74, 6) is -0.372. The maximum atomic E-state index is 12.2. The highest BCUT2D eigenvalue weighted by Gasteiger charge is 2.32. The van der Waals surface area contributed by atoms with Crippen LogP contribution in [0.25, 0.3) is 0 Å². The van der Waals surface area contributed by atoms with Crippen molar-refractivity contribution < 1.29 is 9.59 Å². The van der Waals surface area contributed by atoms with Gasteiger partial charge >= 0.3 is 0 Å². The molecule has 25 heavy (non-hydrogen) atoms. The highest BCUT2D eigenvalue weighted by atomic mass is 32.2. The second kappa shape index (κ2) is 7.53. The van der Waals surface area contributed by atoms with Gasteiger partial charge in [0.2, 0.25) is 11.8 Å². The van der Waals surface area contributed by atoms with Crippen molar-refractivity contribution in [3.05, 3.63) is 59.7 Å². The second-order valence-electron chi connectivity index (χ2n) is 5.97. The molecule has 128 valence electrons. The van der Waals surface area contributed by atoms with E-state index in [-0.39, 0.29) is 18.2 Å². The van der Waals surface area contributed by atoms with Gasteiger partial charge in [-0.2, -0.15) is 0 Å². The van der Waals surface area contributed by atoms with E-state index in [9.17, 15) is 9.59 Å². The predicted octanol–water partition coefficient (Wildman–Crippen LogP) is 3.55. The minimum atomic E-state index is -0.464. The third-order valence-electron chi connectivity index (χ3n) is 3.71. The van der Waals surface area contributed by atoms with Crippen LogP contribution in [0.4, 0.5) is 11.4 Å². The molecule has 3 rings (SSSR count). The number of nitrogens with one attached hydrogen (secondary N) is 2. The zero-order valence-electron chi connectivity index (χ0n) is 14.1. The third-order valence-corrected chi connectivity index (χ3v) is 4.80. The number of anilines is 1. The van der Waals surface area contributed by atoms with E-state index in [1.165, 1.54) is 11.8 Å². The maximum absolute atomic E-state index is 12.2. The van der Waals surface area contributed by atoms with E-state index >= 15 is 0 Å². The Bertz CT molecular complexity index is 831. The summed E-state index contributed by atoms with van der Waals surface area (Å²) in [6.45, 7) is 3.97. The number of nitrogens with zero attached hydrogens (tertiary/aromatic N) is 1. The van der Waals surface area contributed by atoms with Gasteiger partial charge in [0.25, 0.3) is 0 Å². The summed E-state index contributed by atoms with van der Waals surface area (Å²) in [7, 11) is 0. The molecule has 1 fully saturated rings. The van der Waals surface area contributed by atoms with Gasteiger partial charge in [-0.05, 0) is 43.7 Å². The van der Waals surface area contributed by atoms with Gasteiger partial charge in [-0.1, -0.05) is 41.6 Å². The number of rotatable bonds is 4. The van der Waals surface area contributed by atoms with Crippen molar-refractivity contribution in [2.45, 2.75) is 25.5 Å². The lowest BCUT2D eigenvalue weighted by Gasteiger charge is -2.07. The van der Waals surface area contributed by atoms with Crippen LogP contribution in [0.5, 0.6) is 0 Å². The molecule has 0 aliphatic carbocycles. The molecule has 1 heterocycles. The lowest BCUT2D eigenvalue weighted by molar-refractivity contribution is -0.122. The fourth-order valence-corrected chi connectivity index (χ4v) is 3.41. The van der Waals surface area contributed by atoms with Crippen molar-refractivity contribution >= 4 is 40.1 Å². The molecule has 1 saturated heterocycles. The average molecular weight is 353 g/mol. The number of aliphatic imine (C=N–C) groups is 1. The number of carbonyl (C=O) groups excluding carboxylic acids is 2. The van der Waals surface area contributed by atoms with Crippen LogP contribution in [0.3, 0.4) is 0 Å². The highest BCUT2D eigenvalue weighted by Crippen LogP contribution is 2.26. The van der Waals surface area contributed by atoms with E-state index in [2.05, 4.69) is 15.6 Å². The summed E-state index contributed by atoms with van der Waals surface area (Å²) >= 11 is 1.29. The fraction of sp³-hybridized carbons (Fsp3) is 0.211. The fourth-order valence-electron chi connectivity index (χ4n) is 2.42. The number of hydrogen-bond donors (Lipinski definition) is 2. The number of amidine groups is 1. The molecule has 0 spiro atoms. The lowest BCUT2D eigenvalue weighted by Crippen LogP contribution is -2.28. The van der Waals surface area contributed by atoms with Crippen LogP contribution >= 0.6 is 11.8 Å². The van der Waals surface area contributed by atoms with Gasteiger partial charge in [0.05, 0.1) is 5.69 Å². The van der Waals surface area contributed by atoms with Gasteiger partial charge in [0.1, 0.15) is 5.25 Å². The van der Waals surface area contributed by atoms with Crippen molar-refractivity contribution in [3.63, 3.8) is 0 Å². The topological polar surface area (TPSA) is 70.6 Å². The molecule has 2 aromatic rings. The van der Waals surface area contributed by atoms with Crippen LogP contribution < -0.4 is 10.6 Å². The molecule has 2 amide bonds. The largest absolute Gasteiger partial charge is 0.326 e. The van der Waals surface area contributed by atoms with Gasteiger partial charge in [0.15, 0.2) is 5.17 Å². The maximum Gasteiger partial charge on any atom is 0.240 e. The van der Waals surface area contributed by atoms with E-state index in [1.54, 1.807) is 0 Å². The van der Waals surface area contributed by atoms with Crippen LogP contribution in [0, 0.1) is 13.8 Å². The molecule has 0 radical (unpaired) electrons. The van der Waals surface area contributed by atoms with E-state index in [1.807, 2.05) is 62.4 Å². The molecule has 0 unspecified atom stereocenters. The van der Waals surface area contributed by atoms with Gasteiger partial charge in [0, 0.05) is 12.1 Å². The summed E-state index contributed by atoms with van der Waals surface area (Å²) in [5, 5.41) is 5.63. The zero-order valence-corrected chi connectivity index (χ0v) is 14.9. The quantitative estimate of drug-likeness (QED) is 0.883. The number of aryl methyl sites for hydroxylation is 2. The first-order valence-electron chi connectivity index (χ1n) is 7.99. The molecule has 6 heteroatoms. The SMILES string of the molecule is Cc1ccc(NC(=O)C[C@H]2SC(=Nc3cccc(C)c3)NC2=O)cc1. The number of amides is 2. The summed E-state index contributed by atoms with van der Waals surface area (Å²) in [5.41, 5.74) is 3.74. The zero-order chi connectivity index (χ0) is 17.8. The van der Waals surface area contributed by atoms with Crippen molar-refractivity contribution in [2.75, 3.05) is 5.32 Å². The third kappa shape index (κ3) is 4.70. The number of carbonyl (C=O) groups is 2. The Labute approximate surface area is 150 Å². The molecule has 2 N–H and O–H groups in total. The van der Waals surface area contributed by atoms with E-state index in [4.69, 9.17) is 0 Å². The molecule has 5 nitrogen and oxygen atoms in total. The number of benzene rings is 2. The summed E-state index contributed by atoms with van der Waals surface area (Å²) in [6.07, 6.45) is 0.108. The Balaban J connectivity index is 1.61. The molecule has 1 aliphatic heterocycles. The minimum Gasteiger partial charge on any atom is -0.326 e. The van der Waals surface area contributed by atoms with Crippen molar-refractivity contribution in [1.29, 1.82) is 0 Å². The first-order chi connectivity index (χ1) is 12.0. The molecule has 0 bridgehead atoms. The minimum absolute atomic E-state index is 0.108. The summed E-state index contributed by atoms with van der Waals surface area (Å²) in [6, 6.07) is 15.3. The predicted molar refractivity (Wildman–Crippen MR) is 102 cm³/mol. The van der Waals surface area contributed by atoms with Crippen molar-refractivity contribution in [2.24, 2.45) is 4.99 Å². The lowest BCUT2D eigenvalue weighted by atomic mass is 10.2. The smallest absolute Gasteiger partial charge is 0.240 e. The van der Waals surface area contributed by atoms with E-state index < -0.39 is 5.25 Å². The monoisotopic (exact) mass is 353 g/mol. The molecule has 1 atom stereocenters. The van der Waals surface area contributed by atoms with Crippen LogP contribution in [0.1, 0.15) is 17.5 Å². The number of thioether (sulfide) groups is 1. The first-order valence-corrected chi connectivity index (χ1v) is 8.87. The van der Waals surface area contributed by atoms with Crippen LogP contribution in [0.15, 0.2) is 53.5 Å². The van der Waals surface area contributed by atoms with Crippen molar-refractivity contribution in [3.8, 4) is 0 Å². The average Bonchev–Trinajstić information content (AvgIpc) is 2.89. The van der Waals surface area contributed by atoms with Gasteiger partial charge in [-0.25, -0.2) is 4.99 Å². The molecule has 0 aromatic heterocycles. The van der Waals surface area contributed by atoms with Gasteiger partial charge in [-0.15, -0.1) is 0 Å². The van der Waals surface area contributed by atoms with Crippen LogP contribution in [0.2, 0.25) is 0 Å². The molecule has 1 aliphatic rings. The summed E-state index contributed by atoms with van der Waals surface area (Å²) < 4.78 is 0. The van der Waals surface area contributed by atoms with E-state index in [0.29, 0.717) is 5.17 Å². The van der Waals surface area contributed by atoms with Gasteiger partial charge < -0.3 is 10.6 Å². The van der Waals surface area contributed by atoms with E-state index in [0.717, 1.165) is 22.5 Å². The van der Waals surface area contributed by atoms with Gasteiger partial charge in [-0.3, -0.25) is 9.59 Å². The Kier molecular flexibility index (Phi) is 5.19.